The van der Waals surface area contributed by atoms with E-state index in [2.05, 4.69) is 23.8 Å². The highest BCUT2D eigenvalue weighted by molar-refractivity contribution is 7.99. The molecule has 0 atom stereocenters. The van der Waals surface area contributed by atoms with Crippen LogP contribution in [0.1, 0.15) is 18.7 Å². The van der Waals surface area contributed by atoms with Crippen molar-refractivity contribution in [2.45, 2.75) is 31.2 Å². The summed E-state index contributed by atoms with van der Waals surface area (Å²) >= 11 is 3.16. The zero-order chi connectivity index (χ0) is 15.0. The van der Waals surface area contributed by atoms with E-state index in [9.17, 15) is 4.79 Å². The van der Waals surface area contributed by atoms with Gasteiger partial charge in [-0.25, -0.2) is 4.98 Å². The third-order valence-electron chi connectivity index (χ3n) is 3.13. The number of aromatic nitrogens is 2. The average molecular weight is 316 g/mol. The zero-order valence-corrected chi connectivity index (χ0v) is 13.8. The molecule has 0 aliphatic heterocycles. The lowest BCUT2D eigenvalue weighted by Crippen LogP contribution is -2.09. The number of fused-ring (bicyclic) bond motifs is 1. The molecule has 0 saturated heterocycles. The van der Waals surface area contributed by atoms with Gasteiger partial charge in [-0.05, 0) is 12.5 Å². The monoisotopic (exact) mass is 316 g/mol. The molecule has 0 bridgehead atoms. The Hall–Kier alpha value is -1.59. The molecule has 0 fully saturated rings. The largest absolute Gasteiger partial charge is 0.301 e. The second-order valence-electron chi connectivity index (χ2n) is 5.12. The van der Waals surface area contributed by atoms with Gasteiger partial charge < -0.3 is 4.98 Å². The van der Waals surface area contributed by atoms with Crippen LogP contribution in [-0.4, -0.2) is 15.2 Å². The highest BCUT2D eigenvalue weighted by Gasteiger charge is 2.16. The Morgan fingerprint density at radius 1 is 1.24 bits per heavy atom. The van der Waals surface area contributed by atoms with Crippen LogP contribution in [0.15, 0.2) is 40.3 Å². The Balaban J connectivity index is 2.24. The number of thioether (sulfide) groups is 1. The summed E-state index contributed by atoms with van der Waals surface area (Å²) in [5.41, 5.74) is 2.02. The molecule has 0 aliphatic carbocycles. The van der Waals surface area contributed by atoms with E-state index in [1.807, 2.05) is 37.3 Å². The van der Waals surface area contributed by atoms with E-state index in [0.29, 0.717) is 15.8 Å². The lowest BCUT2D eigenvalue weighted by molar-refractivity contribution is 0.966. The number of hydrogen-bond donors (Lipinski definition) is 1. The fourth-order valence-electron chi connectivity index (χ4n) is 2.33. The molecule has 1 N–H and O–H groups in total. The summed E-state index contributed by atoms with van der Waals surface area (Å²) in [5.74, 6) is 0. The van der Waals surface area contributed by atoms with Crippen LogP contribution < -0.4 is 5.56 Å². The maximum Gasteiger partial charge on any atom is 0.260 e. The molecule has 0 aliphatic rings. The van der Waals surface area contributed by atoms with E-state index >= 15 is 0 Å². The van der Waals surface area contributed by atoms with Crippen molar-refractivity contribution >= 4 is 33.3 Å². The summed E-state index contributed by atoms with van der Waals surface area (Å²) < 4.78 is 0. The normalized spacial score (nSPS) is 11.4. The molecule has 1 aromatic carbocycles. The Kier molecular flexibility index (Phi) is 3.87. The molecule has 0 unspecified atom stereocenters. The minimum atomic E-state index is -0.0497. The maximum atomic E-state index is 12.5. The molecule has 0 radical (unpaired) electrons. The minimum absolute atomic E-state index is 0.0497. The van der Waals surface area contributed by atoms with Gasteiger partial charge in [0.25, 0.3) is 5.56 Å². The number of aryl methyl sites for hydroxylation is 1. The number of thiophene rings is 1. The van der Waals surface area contributed by atoms with Crippen molar-refractivity contribution in [3.8, 4) is 11.1 Å². The van der Waals surface area contributed by atoms with Gasteiger partial charge in [0.2, 0.25) is 0 Å². The summed E-state index contributed by atoms with van der Waals surface area (Å²) in [6.07, 6.45) is 0. The van der Waals surface area contributed by atoms with Gasteiger partial charge in [0.15, 0.2) is 5.16 Å². The molecule has 0 spiro atoms. The van der Waals surface area contributed by atoms with Gasteiger partial charge >= 0.3 is 0 Å². The quantitative estimate of drug-likeness (QED) is 0.573. The van der Waals surface area contributed by atoms with Crippen molar-refractivity contribution in [3.05, 3.63) is 45.6 Å². The molecule has 3 nitrogen and oxygen atoms in total. The van der Waals surface area contributed by atoms with E-state index in [4.69, 9.17) is 0 Å². The molecule has 108 valence electrons. The summed E-state index contributed by atoms with van der Waals surface area (Å²) in [6.45, 7) is 6.22. The fourth-order valence-corrected chi connectivity index (χ4v) is 4.18. The topological polar surface area (TPSA) is 45.8 Å². The first-order valence-corrected chi connectivity index (χ1v) is 8.51. The van der Waals surface area contributed by atoms with Crippen molar-refractivity contribution in [2.24, 2.45) is 0 Å². The summed E-state index contributed by atoms with van der Waals surface area (Å²) in [7, 11) is 0. The first-order chi connectivity index (χ1) is 10.1. The van der Waals surface area contributed by atoms with E-state index in [0.717, 1.165) is 20.8 Å². The smallest absolute Gasteiger partial charge is 0.260 e. The van der Waals surface area contributed by atoms with Crippen LogP contribution in [0.2, 0.25) is 0 Å². The molecular weight excluding hydrogens is 300 g/mol. The van der Waals surface area contributed by atoms with Crippen LogP contribution >= 0.6 is 23.1 Å². The highest BCUT2D eigenvalue weighted by atomic mass is 32.2. The SMILES string of the molecule is Cc1sc2nc(SC(C)C)[nH]c(=O)c2c1-c1ccccc1. The number of nitrogens with one attached hydrogen (secondary N) is 1. The molecule has 3 aromatic rings. The Bertz CT molecular complexity index is 835. The lowest BCUT2D eigenvalue weighted by Gasteiger charge is -2.04. The van der Waals surface area contributed by atoms with E-state index < -0.39 is 0 Å². The van der Waals surface area contributed by atoms with Crippen molar-refractivity contribution < 1.29 is 0 Å². The van der Waals surface area contributed by atoms with Gasteiger partial charge in [-0.3, -0.25) is 4.79 Å². The molecule has 0 amide bonds. The van der Waals surface area contributed by atoms with Crippen molar-refractivity contribution in [3.63, 3.8) is 0 Å². The molecule has 5 heteroatoms. The second kappa shape index (κ2) is 5.66. The molecular formula is C16H16N2OS2. The van der Waals surface area contributed by atoms with Gasteiger partial charge in [0.05, 0.1) is 5.39 Å². The van der Waals surface area contributed by atoms with Crippen LogP contribution in [0.5, 0.6) is 0 Å². The Morgan fingerprint density at radius 2 is 1.95 bits per heavy atom. The van der Waals surface area contributed by atoms with E-state index in [1.165, 1.54) is 0 Å². The number of H-pyrrole nitrogens is 1. The van der Waals surface area contributed by atoms with Crippen LogP contribution in [-0.2, 0) is 0 Å². The summed E-state index contributed by atoms with van der Waals surface area (Å²) in [4.78, 5) is 21.9. The Morgan fingerprint density at radius 3 is 2.62 bits per heavy atom. The first kappa shape index (κ1) is 14.4. The molecule has 2 heterocycles. The third kappa shape index (κ3) is 2.76. The lowest BCUT2D eigenvalue weighted by atomic mass is 10.0. The van der Waals surface area contributed by atoms with Crippen LogP contribution in [0.3, 0.4) is 0 Å². The average Bonchev–Trinajstić information content (AvgIpc) is 2.75. The maximum absolute atomic E-state index is 12.5. The highest BCUT2D eigenvalue weighted by Crippen LogP contribution is 2.36. The van der Waals surface area contributed by atoms with E-state index in [1.54, 1.807) is 23.1 Å². The van der Waals surface area contributed by atoms with Gasteiger partial charge in [0, 0.05) is 15.7 Å². The van der Waals surface area contributed by atoms with Crippen molar-refractivity contribution in [1.29, 1.82) is 0 Å². The van der Waals surface area contributed by atoms with Crippen molar-refractivity contribution in [2.75, 3.05) is 0 Å². The van der Waals surface area contributed by atoms with Crippen LogP contribution in [0.25, 0.3) is 21.3 Å². The number of nitrogens with zero attached hydrogens (tertiary/aromatic N) is 1. The second-order valence-corrected chi connectivity index (χ2v) is 7.89. The van der Waals surface area contributed by atoms with Crippen molar-refractivity contribution in [1.82, 2.24) is 9.97 Å². The van der Waals surface area contributed by atoms with E-state index in [-0.39, 0.29) is 5.56 Å². The fraction of sp³-hybridized carbons (Fsp3) is 0.250. The molecule has 2 aromatic heterocycles. The van der Waals surface area contributed by atoms with Gasteiger partial charge in [-0.1, -0.05) is 55.9 Å². The van der Waals surface area contributed by atoms with Gasteiger partial charge in [-0.2, -0.15) is 0 Å². The molecule has 0 saturated carbocycles. The third-order valence-corrected chi connectivity index (χ3v) is 5.01. The summed E-state index contributed by atoms with van der Waals surface area (Å²) in [5, 5.41) is 1.79. The van der Waals surface area contributed by atoms with Gasteiger partial charge in [-0.15, -0.1) is 11.3 Å². The Labute approximate surface area is 131 Å². The summed E-state index contributed by atoms with van der Waals surface area (Å²) in [6, 6.07) is 10.0. The predicted molar refractivity (Wildman–Crippen MR) is 91.4 cm³/mol. The molecule has 3 rings (SSSR count). The predicted octanol–water partition coefficient (Wildman–Crippen LogP) is 4.46. The minimum Gasteiger partial charge on any atom is -0.301 e. The first-order valence-electron chi connectivity index (χ1n) is 6.81. The number of hydrogen-bond acceptors (Lipinski definition) is 4. The van der Waals surface area contributed by atoms with Crippen LogP contribution in [0, 0.1) is 6.92 Å². The van der Waals surface area contributed by atoms with Gasteiger partial charge in [0.1, 0.15) is 4.83 Å². The number of benzene rings is 1. The molecule has 21 heavy (non-hydrogen) atoms. The standard InChI is InChI=1S/C16H16N2OS2/c1-9(2)20-16-17-14(19)13-12(10(3)21-15(13)18-16)11-7-5-4-6-8-11/h4-9H,1-3H3,(H,17,18,19). The number of aromatic amines is 1. The van der Waals surface area contributed by atoms with Crippen LogP contribution in [0.4, 0.5) is 0 Å². The zero-order valence-electron chi connectivity index (χ0n) is 12.1. The number of rotatable bonds is 3.